The van der Waals surface area contributed by atoms with Crippen molar-refractivity contribution in [3.63, 3.8) is 0 Å². The smallest absolute Gasteiger partial charge is 0.00940 e. The number of piperidine rings is 1. The van der Waals surface area contributed by atoms with Crippen LogP contribution in [0.5, 0.6) is 0 Å². The summed E-state index contributed by atoms with van der Waals surface area (Å²) >= 11 is 0. The lowest BCUT2D eigenvalue weighted by atomic mass is 10.00. The van der Waals surface area contributed by atoms with Gasteiger partial charge in [-0.15, -0.1) is 0 Å². The number of hydrogen-bond acceptors (Lipinski definition) is 2. The zero-order valence-electron chi connectivity index (χ0n) is 12.6. The van der Waals surface area contributed by atoms with Gasteiger partial charge in [-0.2, -0.15) is 0 Å². The van der Waals surface area contributed by atoms with Gasteiger partial charge < -0.3 is 10.2 Å². The van der Waals surface area contributed by atoms with Crippen molar-refractivity contribution in [1.82, 2.24) is 10.2 Å². The highest BCUT2D eigenvalue weighted by Crippen LogP contribution is 2.34. The molecule has 1 unspecified atom stereocenters. The first-order valence-electron chi connectivity index (χ1n) is 8.15. The molecule has 1 N–H and O–H groups in total. The van der Waals surface area contributed by atoms with Gasteiger partial charge in [0.05, 0.1) is 0 Å². The molecule has 0 aromatic heterocycles. The molecular formula is C16H32N2. The van der Waals surface area contributed by atoms with Crippen LogP contribution >= 0.6 is 0 Å². The Kier molecular flexibility index (Phi) is 5.50. The Bertz CT molecular complexity index is 227. The zero-order valence-corrected chi connectivity index (χ0v) is 12.6. The topological polar surface area (TPSA) is 15.3 Å². The van der Waals surface area contributed by atoms with Gasteiger partial charge in [0.25, 0.3) is 0 Å². The molecule has 1 atom stereocenters. The number of rotatable bonds is 7. The predicted octanol–water partition coefficient (Wildman–Crippen LogP) is 3.28. The Labute approximate surface area is 114 Å². The Morgan fingerprint density at radius 2 is 1.78 bits per heavy atom. The van der Waals surface area contributed by atoms with Crippen molar-refractivity contribution < 1.29 is 0 Å². The van der Waals surface area contributed by atoms with E-state index in [1.54, 1.807) is 0 Å². The van der Waals surface area contributed by atoms with Crippen LogP contribution in [0.2, 0.25) is 0 Å². The van der Waals surface area contributed by atoms with E-state index in [1.165, 1.54) is 58.2 Å². The highest BCUT2D eigenvalue weighted by atomic mass is 15.1. The number of nitrogens with zero attached hydrogens (tertiary/aromatic N) is 1. The lowest BCUT2D eigenvalue weighted by molar-refractivity contribution is 0.172. The second-order valence-corrected chi connectivity index (χ2v) is 6.92. The molecule has 106 valence electrons. The Balaban J connectivity index is 1.65. The number of nitrogens with one attached hydrogen (secondary N) is 1. The van der Waals surface area contributed by atoms with E-state index < -0.39 is 0 Å². The molecule has 0 spiro atoms. The molecule has 0 amide bonds. The summed E-state index contributed by atoms with van der Waals surface area (Å²) in [6.45, 7) is 10.9. The van der Waals surface area contributed by atoms with Crippen molar-refractivity contribution in [3.05, 3.63) is 0 Å². The normalized spacial score (nSPS) is 24.7. The fourth-order valence-corrected chi connectivity index (χ4v) is 3.24. The van der Waals surface area contributed by atoms with E-state index in [4.69, 9.17) is 0 Å². The van der Waals surface area contributed by atoms with E-state index >= 15 is 0 Å². The minimum absolute atomic E-state index is 0.789. The molecule has 0 radical (unpaired) electrons. The van der Waals surface area contributed by atoms with Crippen LogP contribution in [-0.4, -0.2) is 36.6 Å². The summed E-state index contributed by atoms with van der Waals surface area (Å²) in [5.41, 5.74) is 0. The summed E-state index contributed by atoms with van der Waals surface area (Å²) in [4.78, 5) is 2.64. The summed E-state index contributed by atoms with van der Waals surface area (Å²) in [5.74, 6) is 1.87. The number of likely N-dealkylation sites (tertiary alicyclic amines) is 1. The van der Waals surface area contributed by atoms with Gasteiger partial charge in [0.15, 0.2) is 0 Å². The van der Waals surface area contributed by atoms with Crippen molar-refractivity contribution in [3.8, 4) is 0 Å². The van der Waals surface area contributed by atoms with Crippen LogP contribution in [-0.2, 0) is 0 Å². The molecule has 0 aromatic rings. The minimum atomic E-state index is 0.789. The van der Waals surface area contributed by atoms with E-state index in [-0.39, 0.29) is 0 Å². The van der Waals surface area contributed by atoms with Crippen LogP contribution in [0.4, 0.5) is 0 Å². The maximum Gasteiger partial charge on any atom is 0.00940 e. The highest BCUT2D eigenvalue weighted by molar-refractivity contribution is 4.84. The maximum atomic E-state index is 3.92. The average Bonchev–Trinajstić information content (AvgIpc) is 3.14. The van der Waals surface area contributed by atoms with Crippen LogP contribution in [0.3, 0.4) is 0 Å². The molecule has 2 aliphatic rings. The van der Waals surface area contributed by atoms with Crippen molar-refractivity contribution in [1.29, 1.82) is 0 Å². The fraction of sp³-hybridized carbons (Fsp3) is 1.00. The average molecular weight is 252 g/mol. The molecule has 0 aromatic carbocycles. The lowest BCUT2D eigenvalue weighted by Gasteiger charge is -2.35. The van der Waals surface area contributed by atoms with E-state index in [9.17, 15) is 0 Å². The van der Waals surface area contributed by atoms with Gasteiger partial charge in [-0.25, -0.2) is 0 Å². The second kappa shape index (κ2) is 6.91. The first-order valence-corrected chi connectivity index (χ1v) is 8.15. The van der Waals surface area contributed by atoms with Gasteiger partial charge in [-0.1, -0.05) is 33.6 Å². The van der Waals surface area contributed by atoms with Gasteiger partial charge in [0.1, 0.15) is 0 Å². The second-order valence-electron chi connectivity index (χ2n) is 6.92. The SMILES string of the molecule is CCC(CC1CC1)NC1CCN(CC(C)C)CC1. The molecule has 0 bridgehead atoms. The van der Waals surface area contributed by atoms with Crippen molar-refractivity contribution in [2.75, 3.05) is 19.6 Å². The summed E-state index contributed by atoms with van der Waals surface area (Å²) in [7, 11) is 0. The molecular weight excluding hydrogens is 220 g/mol. The van der Waals surface area contributed by atoms with Gasteiger partial charge in [-0.3, -0.25) is 0 Å². The molecule has 1 aliphatic heterocycles. The Hall–Kier alpha value is -0.0800. The molecule has 1 heterocycles. The standard InChI is InChI=1S/C16H32N2/c1-4-15(11-14-5-6-14)17-16-7-9-18(10-8-16)12-13(2)3/h13-17H,4-12H2,1-3H3. The van der Waals surface area contributed by atoms with E-state index in [2.05, 4.69) is 31.0 Å². The summed E-state index contributed by atoms with van der Waals surface area (Å²) in [5, 5.41) is 3.92. The molecule has 18 heavy (non-hydrogen) atoms. The van der Waals surface area contributed by atoms with Gasteiger partial charge in [-0.05, 0) is 50.6 Å². The summed E-state index contributed by atoms with van der Waals surface area (Å²) in [6.07, 6.45) is 8.43. The quantitative estimate of drug-likeness (QED) is 0.748. The first kappa shape index (κ1) is 14.3. The third-order valence-corrected chi connectivity index (χ3v) is 4.49. The molecule has 2 nitrogen and oxygen atoms in total. The summed E-state index contributed by atoms with van der Waals surface area (Å²) < 4.78 is 0. The maximum absolute atomic E-state index is 3.92. The molecule has 1 saturated carbocycles. The number of hydrogen-bond donors (Lipinski definition) is 1. The van der Waals surface area contributed by atoms with Crippen molar-refractivity contribution in [2.45, 2.75) is 71.4 Å². The van der Waals surface area contributed by atoms with Gasteiger partial charge >= 0.3 is 0 Å². The summed E-state index contributed by atoms with van der Waals surface area (Å²) in [6, 6.07) is 1.58. The van der Waals surface area contributed by atoms with E-state index in [1.807, 2.05) is 0 Å². The van der Waals surface area contributed by atoms with E-state index in [0.717, 1.165) is 23.9 Å². The lowest BCUT2D eigenvalue weighted by Crippen LogP contribution is -2.46. The van der Waals surface area contributed by atoms with Crippen molar-refractivity contribution >= 4 is 0 Å². The van der Waals surface area contributed by atoms with Crippen LogP contribution in [0.25, 0.3) is 0 Å². The molecule has 1 saturated heterocycles. The molecule has 2 rings (SSSR count). The van der Waals surface area contributed by atoms with Crippen LogP contribution in [0, 0.1) is 11.8 Å². The predicted molar refractivity (Wildman–Crippen MR) is 78.9 cm³/mol. The van der Waals surface area contributed by atoms with Crippen LogP contribution < -0.4 is 5.32 Å². The van der Waals surface area contributed by atoms with Gasteiger partial charge in [0, 0.05) is 18.6 Å². The van der Waals surface area contributed by atoms with E-state index in [0.29, 0.717) is 0 Å². The fourth-order valence-electron chi connectivity index (χ4n) is 3.24. The minimum Gasteiger partial charge on any atom is -0.311 e. The zero-order chi connectivity index (χ0) is 13.0. The third kappa shape index (κ3) is 4.89. The van der Waals surface area contributed by atoms with Gasteiger partial charge in [0.2, 0.25) is 0 Å². The molecule has 1 aliphatic carbocycles. The Morgan fingerprint density at radius 3 is 2.28 bits per heavy atom. The van der Waals surface area contributed by atoms with Crippen LogP contribution in [0.15, 0.2) is 0 Å². The Morgan fingerprint density at radius 1 is 1.11 bits per heavy atom. The monoisotopic (exact) mass is 252 g/mol. The van der Waals surface area contributed by atoms with Crippen molar-refractivity contribution in [2.24, 2.45) is 11.8 Å². The molecule has 2 fully saturated rings. The largest absolute Gasteiger partial charge is 0.311 e. The first-order chi connectivity index (χ1) is 8.67. The molecule has 2 heteroatoms. The van der Waals surface area contributed by atoms with Crippen LogP contribution in [0.1, 0.15) is 59.3 Å². The highest BCUT2D eigenvalue weighted by Gasteiger charge is 2.27. The third-order valence-electron chi connectivity index (χ3n) is 4.49.